The van der Waals surface area contributed by atoms with Crippen LogP contribution in [0.4, 0.5) is 0 Å². The van der Waals surface area contributed by atoms with Crippen LogP contribution >= 0.6 is 11.6 Å². The number of carbonyl (C=O) groups excluding carboxylic acids is 1. The third-order valence-corrected chi connectivity index (χ3v) is 11.9. The zero-order chi connectivity index (χ0) is 23.8. The molecule has 1 spiro atoms. The molecular formula is C30H41ClN2O. The minimum Gasteiger partial charge on any atom is -0.338 e. The maximum absolute atomic E-state index is 13.2. The molecule has 0 radical (unpaired) electrons. The van der Waals surface area contributed by atoms with E-state index in [4.69, 9.17) is 11.6 Å². The lowest BCUT2D eigenvalue weighted by Gasteiger charge is -2.58. The summed E-state index contributed by atoms with van der Waals surface area (Å²) in [6.07, 6.45) is 13.1. The molecule has 1 amide bonds. The lowest BCUT2D eigenvalue weighted by atomic mass is 9.47. The summed E-state index contributed by atoms with van der Waals surface area (Å²) in [5.74, 6) is 3.67. The number of benzene rings is 1. The van der Waals surface area contributed by atoms with E-state index in [0.29, 0.717) is 21.9 Å². The molecule has 34 heavy (non-hydrogen) atoms. The van der Waals surface area contributed by atoms with Crippen molar-refractivity contribution in [3.05, 3.63) is 46.5 Å². The Morgan fingerprint density at radius 3 is 2.56 bits per heavy atom. The van der Waals surface area contributed by atoms with Crippen LogP contribution < -0.4 is 0 Å². The van der Waals surface area contributed by atoms with E-state index in [1.165, 1.54) is 45.1 Å². The van der Waals surface area contributed by atoms with Crippen LogP contribution in [-0.4, -0.2) is 48.4 Å². The summed E-state index contributed by atoms with van der Waals surface area (Å²) in [7, 11) is 4.36. The number of rotatable bonds is 2. The van der Waals surface area contributed by atoms with Crippen LogP contribution in [0.15, 0.2) is 35.9 Å². The van der Waals surface area contributed by atoms with Gasteiger partial charge in [-0.3, -0.25) is 4.79 Å². The van der Waals surface area contributed by atoms with E-state index in [0.717, 1.165) is 48.1 Å². The molecule has 6 rings (SSSR count). The van der Waals surface area contributed by atoms with Gasteiger partial charge in [-0.05, 0) is 124 Å². The second kappa shape index (κ2) is 8.10. The molecule has 1 unspecified atom stereocenters. The Morgan fingerprint density at radius 1 is 1.06 bits per heavy atom. The summed E-state index contributed by atoms with van der Waals surface area (Å²) in [4.78, 5) is 17.8. The maximum Gasteiger partial charge on any atom is 0.253 e. The van der Waals surface area contributed by atoms with Crippen LogP contribution in [0.2, 0.25) is 5.02 Å². The van der Waals surface area contributed by atoms with Gasteiger partial charge in [-0.25, -0.2) is 0 Å². The Morgan fingerprint density at radius 2 is 1.79 bits per heavy atom. The first-order valence-corrected chi connectivity index (χ1v) is 14.0. The number of halogens is 1. The number of nitrogens with zero attached hydrogens (tertiary/aromatic N) is 2. The van der Waals surface area contributed by atoms with Crippen LogP contribution in [0.25, 0.3) is 0 Å². The summed E-state index contributed by atoms with van der Waals surface area (Å²) < 4.78 is 0. The molecule has 0 bridgehead atoms. The van der Waals surface area contributed by atoms with Crippen LogP contribution in [0.1, 0.15) is 75.6 Å². The number of likely N-dealkylation sites (tertiary alicyclic amines) is 1. The van der Waals surface area contributed by atoms with E-state index in [-0.39, 0.29) is 5.91 Å². The number of allylic oxidation sites excluding steroid dienone is 1. The third kappa shape index (κ3) is 3.22. The standard InChI is InChI=1S/C30H41ClN2O/c1-19-25-11-12-27-24-10-7-21-17-23(33(4)28(34)20-5-8-22(31)9-6-20)13-15-29(21,2)26(24)14-16-30(25,27)18-32(19)3/h5-9,19,23-27H,10-18H2,1-4H3/t19-,23-,24+,25+,26?,27-,29-,30-/m0/s1. The largest absolute Gasteiger partial charge is 0.338 e. The quantitative estimate of drug-likeness (QED) is 0.441. The van der Waals surface area contributed by atoms with Crippen LogP contribution in [0.3, 0.4) is 0 Å². The van der Waals surface area contributed by atoms with E-state index in [2.05, 4.69) is 31.9 Å². The molecular weight excluding hydrogens is 440 g/mol. The molecule has 4 aliphatic carbocycles. The Balaban J connectivity index is 1.21. The second-order valence-electron chi connectivity index (χ2n) is 12.7. The topological polar surface area (TPSA) is 23.6 Å². The highest BCUT2D eigenvalue weighted by Crippen LogP contribution is 2.68. The first kappa shape index (κ1) is 23.1. The van der Waals surface area contributed by atoms with E-state index in [1.807, 2.05) is 36.2 Å². The summed E-state index contributed by atoms with van der Waals surface area (Å²) >= 11 is 6.03. The average Bonchev–Trinajstić information content (AvgIpc) is 3.31. The van der Waals surface area contributed by atoms with Crippen molar-refractivity contribution in [2.75, 3.05) is 20.6 Å². The summed E-state index contributed by atoms with van der Waals surface area (Å²) in [5, 5.41) is 0.677. The molecule has 8 atom stereocenters. The van der Waals surface area contributed by atoms with Crippen molar-refractivity contribution < 1.29 is 4.79 Å². The van der Waals surface area contributed by atoms with Crippen molar-refractivity contribution in [2.45, 2.75) is 77.3 Å². The highest BCUT2D eigenvalue weighted by molar-refractivity contribution is 6.30. The van der Waals surface area contributed by atoms with Gasteiger partial charge in [0.1, 0.15) is 0 Å². The van der Waals surface area contributed by atoms with Crippen LogP contribution in [0.5, 0.6) is 0 Å². The monoisotopic (exact) mass is 480 g/mol. The van der Waals surface area contributed by atoms with Gasteiger partial charge >= 0.3 is 0 Å². The normalized spacial score (nSPS) is 43.4. The fourth-order valence-corrected chi connectivity index (χ4v) is 9.86. The lowest BCUT2D eigenvalue weighted by molar-refractivity contribution is -0.0430. The van der Waals surface area contributed by atoms with Crippen LogP contribution in [-0.2, 0) is 0 Å². The van der Waals surface area contributed by atoms with Crippen molar-refractivity contribution >= 4 is 17.5 Å². The predicted molar refractivity (Wildman–Crippen MR) is 139 cm³/mol. The first-order valence-electron chi connectivity index (χ1n) is 13.7. The molecule has 1 saturated heterocycles. The summed E-state index contributed by atoms with van der Waals surface area (Å²) in [6.45, 7) is 6.40. The molecule has 3 saturated carbocycles. The van der Waals surface area contributed by atoms with E-state index in [1.54, 1.807) is 5.57 Å². The zero-order valence-electron chi connectivity index (χ0n) is 21.4. The predicted octanol–water partition coefficient (Wildman–Crippen LogP) is 6.67. The molecule has 1 heterocycles. The lowest BCUT2D eigenvalue weighted by Crippen LogP contribution is -2.53. The van der Waals surface area contributed by atoms with Gasteiger partial charge in [-0.15, -0.1) is 0 Å². The van der Waals surface area contributed by atoms with Gasteiger partial charge in [0.25, 0.3) is 5.91 Å². The van der Waals surface area contributed by atoms with Crippen molar-refractivity contribution in [3.63, 3.8) is 0 Å². The third-order valence-electron chi connectivity index (χ3n) is 11.6. The molecule has 1 aromatic carbocycles. The van der Waals surface area contributed by atoms with Gasteiger partial charge in [0.05, 0.1) is 0 Å². The average molecular weight is 481 g/mol. The molecule has 0 N–H and O–H groups in total. The van der Waals surface area contributed by atoms with Gasteiger partial charge in [-0.2, -0.15) is 0 Å². The minimum atomic E-state index is 0.121. The smallest absolute Gasteiger partial charge is 0.253 e. The fraction of sp³-hybridized carbons (Fsp3) is 0.700. The van der Waals surface area contributed by atoms with E-state index < -0.39 is 0 Å². The van der Waals surface area contributed by atoms with Gasteiger partial charge in [-0.1, -0.05) is 30.2 Å². The van der Waals surface area contributed by atoms with Crippen molar-refractivity contribution in [1.82, 2.24) is 9.80 Å². The zero-order valence-corrected chi connectivity index (χ0v) is 22.2. The van der Waals surface area contributed by atoms with Gasteiger partial charge in [0.15, 0.2) is 0 Å². The van der Waals surface area contributed by atoms with Gasteiger partial charge in [0.2, 0.25) is 0 Å². The number of carbonyl (C=O) groups is 1. The fourth-order valence-electron chi connectivity index (χ4n) is 9.74. The number of hydrogen-bond donors (Lipinski definition) is 0. The van der Waals surface area contributed by atoms with Crippen molar-refractivity contribution in [2.24, 2.45) is 34.5 Å². The Kier molecular flexibility index (Phi) is 5.50. The Labute approximate surface area is 210 Å². The van der Waals surface area contributed by atoms with Crippen molar-refractivity contribution in [1.29, 1.82) is 0 Å². The van der Waals surface area contributed by atoms with Crippen molar-refractivity contribution in [3.8, 4) is 0 Å². The second-order valence-corrected chi connectivity index (χ2v) is 13.1. The molecule has 1 aliphatic heterocycles. The Bertz CT molecular complexity index is 1000. The SMILES string of the molecule is C[C@H]1[C@H]2CC[C@H]3[C@@H]4CC=C5C[C@@H](N(C)C(=O)c6ccc(Cl)cc6)CC[C@]5(C)C4CC[C@]23CN1C. The molecule has 0 aromatic heterocycles. The highest BCUT2D eigenvalue weighted by Gasteiger charge is 2.64. The minimum absolute atomic E-state index is 0.121. The van der Waals surface area contributed by atoms with E-state index >= 15 is 0 Å². The first-order chi connectivity index (χ1) is 16.2. The number of hydrogen-bond acceptors (Lipinski definition) is 2. The van der Waals surface area contributed by atoms with Crippen LogP contribution in [0, 0.1) is 34.5 Å². The molecule has 3 nitrogen and oxygen atoms in total. The van der Waals surface area contributed by atoms with E-state index in [9.17, 15) is 4.79 Å². The maximum atomic E-state index is 13.2. The molecule has 5 aliphatic rings. The summed E-state index contributed by atoms with van der Waals surface area (Å²) in [5.41, 5.74) is 3.32. The number of amides is 1. The summed E-state index contributed by atoms with van der Waals surface area (Å²) in [6, 6.07) is 8.40. The Hall–Kier alpha value is -1.32. The van der Waals surface area contributed by atoms with Gasteiger partial charge in [0, 0.05) is 36.3 Å². The van der Waals surface area contributed by atoms with Gasteiger partial charge < -0.3 is 9.80 Å². The molecule has 1 aromatic rings. The number of fused-ring (bicyclic) bond motifs is 4. The highest BCUT2D eigenvalue weighted by atomic mass is 35.5. The molecule has 4 fully saturated rings. The molecule has 4 heteroatoms. The molecule has 184 valence electrons.